The van der Waals surface area contributed by atoms with Gasteiger partial charge < -0.3 is 10.0 Å². The van der Waals surface area contributed by atoms with Gasteiger partial charge in [-0.05, 0) is 37.8 Å². The molecule has 0 bridgehead atoms. The molecule has 0 aromatic heterocycles. The summed E-state index contributed by atoms with van der Waals surface area (Å²) in [4.78, 5) is 27.7. The highest BCUT2D eigenvalue weighted by Crippen LogP contribution is 2.33. The van der Waals surface area contributed by atoms with Crippen molar-refractivity contribution >= 4 is 17.7 Å². The van der Waals surface area contributed by atoms with E-state index in [0.29, 0.717) is 19.0 Å². The Hall–Kier alpha value is -2.04. The quantitative estimate of drug-likeness (QED) is 0.928. The van der Waals surface area contributed by atoms with E-state index in [2.05, 4.69) is 0 Å². The van der Waals surface area contributed by atoms with E-state index in [-0.39, 0.29) is 12.6 Å². The van der Waals surface area contributed by atoms with E-state index < -0.39 is 11.9 Å². The number of hydrogen-bond acceptors (Lipinski definition) is 2. The minimum Gasteiger partial charge on any atom is -0.481 e. The van der Waals surface area contributed by atoms with Gasteiger partial charge in [0.05, 0.1) is 5.92 Å². The van der Waals surface area contributed by atoms with Crippen LogP contribution in [-0.4, -0.2) is 41.1 Å². The van der Waals surface area contributed by atoms with Gasteiger partial charge in [-0.2, -0.15) is 0 Å². The van der Waals surface area contributed by atoms with Gasteiger partial charge in [-0.25, -0.2) is 4.79 Å². The number of carbonyl (C=O) groups excluding carboxylic acids is 1. The van der Waals surface area contributed by atoms with Gasteiger partial charge in [0.2, 0.25) is 0 Å². The van der Waals surface area contributed by atoms with Gasteiger partial charge >= 0.3 is 12.0 Å². The van der Waals surface area contributed by atoms with Crippen LogP contribution < -0.4 is 4.90 Å². The number of aliphatic carboxylic acids is 1. The average molecular weight is 288 g/mol. The summed E-state index contributed by atoms with van der Waals surface area (Å²) in [5.74, 6) is -1.36. The molecule has 0 radical (unpaired) electrons. The Labute approximate surface area is 124 Å². The van der Waals surface area contributed by atoms with E-state index in [1.165, 1.54) is 0 Å². The third-order valence-electron chi connectivity index (χ3n) is 4.31. The summed E-state index contributed by atoms with van der Waals surface area (Å²) >= 11 is 0. The van der Waals surface area contributed by atoms with Gasteiger partial charge in [-0.15, -0.1) is 0 Å². The maximum Gasteiger partial charge on any atom is 0.324 e. The fourth-order valence-corrected chi connectivity index (χ4v) is 3.03. The number of fused-ring (bicyclic) bond motifs is 1. The lowest BCUT2D eigenvalue weighted by atomic mass is 9.93. The maximum absolute atomic E-state index is 12.8. The highest BCUT2D eigenvalue weighted by atomic mass is 16.4. The van der Waals surface area contributed by atoms with Crippen LogP contribution in [0.15, 0.2) is 24.3 Å². The van der Waals surface area contributed by atoms with E-state index in [0.717, 1.165) is 24.1 Å². The van der Waals surface area contributed by atoms with Crippen LogP contribution in [0.3, 0.4) is 0 Å². The molecular formula is C16H20N2O3. The second-order valence-corrected chi connectivity index (χ2v) is 5.78. The van der Waals surface area contributed by atoms with E-state index >= 15 is 0 Å². The molecule has 2 aliphatic rings. The number of carbonyl (C=O) groups is 2. The highest BCUT2D eigenvalue weighted by molar-refractivity contribution is 5.95. The van der Waals surface area contributed by atoms with E-state index in [4.69, 9.17) is 0 Å². The van der Waals surface area contributed by atoms with E-state index in [1.54, 1.807) is 4.90 Å². The topological polar surface area (TPSA) is 60.9 Å². The van der Waals surface area contributed by atoms with Gasteiger partial charge in [0.25, 0.3) is 0 Å². The largest absolute Gasteiger partial charge is 0.481 e. The van der Waals surface area contributed by atoms with Gasteiger partial charge in [-0.1, -0.05) is 18.2 Å². The number of hydrogen-bond donors (Lipinski definition) is 1. The lowest BCUT2D eigenvalue weighted by Gasteiger charge is -2.36. The molecule has 3 rings (SSSR count). The van der Waals surface area contributed by atoms with Crippen LogP contribution in [0.4, 0.5) is 10.5 Å². The Kier molecular flexibility index (Phi) is 3.57. The second-order valence-electron chi connectivity index (χ2n) is 5.78. The third kappa shape index (κ3) is 2.60. The second kappa shape index (κ2) is 5.39. The normalized spacial score (nSPS) is 20.8. The fourth-order valence-electron chi connectivity index (χ4n) is 3.03. The molecule has 1 aromatic rings. The molecule has 1 aliphatic heterocycles. The predicted octanol–water partition coefficient (Wildman–Crippen LogP) is 2.35. The number of urea groups is 1. The molecule has 1 heterocycles. The monoisotopic (exact) mass is 288 g/mol. The average Bonchev–Trinajstić information content (AvgIpc) is 3.31. The first kappa shape index (κ1) is 13.9. The standard InChI is InChI=1S/C16H20N2O3/c1-2-17(13-7-8-13)16(21)18-10-12(15(19)20)9-11-5-3-4-6-14(11)18/h3-6,12-13H,2,7-10H2,1H3,(H,19,20). The number of carboxylic acid groups (broad SMARTS) is 1. The summed E-state index contributed by atoms with van der Waals surface area (Å²) in [6, 6.07) is 7.89. The van der Waals surface area contributed by atoms with Crippen molar-refractivity contribution in [1.29, 1.82) is 0 Å². The predicted molar refractivity (Wildman–Crippen MR) is 79.4 cm³/mol. The maximum atomic E-state index is 12.8. The molecule has 1 atom stereocenters. The Balaban J connectivity index is 1.92. The zero-order chi connectivity index (χ0) is 15.0. The van der Waals surface area contributed by atoms with Crippen LogP contribution in [0.1, 0.15) is 25.3 Å². The molecule has 1 fully saturated rings. The Bertz CT molecular complexity index is 568. The summed E-state index contributed by atoms with van der Waals surface area (Å²) in [5.41, 5.74) is 1.80. The summed E-state index contributed by atoms with van der Waals surface area (Å²) in [7, 11) is 0. The molecule has 1 unspecified atom stereocenters. The summed E-state index contributed by atoms with van der Waals surface area (Å²) in [6.07, 6.45) is 2.60. The lowest BCUT2D eigenvalue weighted by Crippen LogP contribution is -2.49. The Morgan fingerprint density at radius 3 is 2.67 bits per heavy atom. The molecule has 1 saturated carbocycles. The summed E-state index contributed by atoms with van der Waals surface area (Å²) < 4.78 is 0. The molecule has 21 heavy (non-hydrogen) atoms. The zero-order valence-electron chi connectivity index (χ0n) is 12.2. The van der Waals surface area contributed by atoms with Crippen LogP contribution in [0, 0.1) is 5.92 Å². The molecule has 0 spiro atoms. The number of carboxylic acids is 1. The van der Waals surface area contributed by atoms with Crippen molar-refractivity contribution in [2.75, 3.05) is 18.0 Å². The van der Waals surface area contributed by atoms with Gasteiger partial charge in [0.1, 0.15) is 0 Å². The molecule has 1 aliphatic carbocycles. The van der Waals surface area contributed by atoms with Gasteiger partial charge in [-0.3, -0.25) is 9.69 Å². The van der Waals surface area contributed by atoms with E-state index in [9.17, 15) is 14.7 Å². The summed E-state index contributed by atoms with van der Waals surface area (Å²) in [5, 5.41) is 9.33. The number of rotatable bonds is 3. The molecular weight excluding hydrogens is 268 g/mol. The molecule has 0 saturated heterocycles. The van der Waals surface area contributed by atoms with Crippen molar-refractivity contribution in [3.63, 3.8) is 0 Å². The lowest BCUT2D eigenvalue weighted by molar-refractivity contribution is -0.141. The first-order valence-electron chi connectivity index (χ1n) is 7.50. The SMILES string of the molecule is CCN(C(=O)N1CC(C(=O)O)Cc2ccccc21)C1CC1. The number of para-hydroxylation sites is 1. The first-order chi connectivity index (χ1) is 10.1. The molecule has 5 nitrogen and oxygen atoms in total. The minimum atomic E-state index is -0.836. The molecule has 1 N–H and O–H groups in total. The van der Waals surface area contributed by atoms with E-state index in [1.807, 2.05) is 36.1 Å². The third-order valence-corrected chi connectivity index (χ3v) is 4.31. The number of anilines is 1. The summed E-state index contributed by atoms with van der Waals surface area (Å²) in [6.45, 7) is 2.90. The van der Waals surface area contributed by atoms with Crippen molar-refractivity contribution in [3.8, 4) is 0 Å². The zero-order valence-corrected chi connectivity index (χ0v) is 12.2. The number of nitrogens with zero attached hydrogens (tertiary/aromatic N) is 2. The van der Waals surface area contributed by atoms with Crippen LogP contribution in [0.5, 0.6) is 0 Å². The minimum absolute atomic E-state index is 0.0570. The first-order valence-corrected chi connectivity index (χ1v) is 7.50. The van der Waals surface area contributed by atoms with Crippen molar-refractivity contribution in [2.45, 2.75) is 32.2 Å². The Morgan fingerprint density at radius 1 is 1.33 bits per heavy atom. The van der Waals surface area contributed by atoms with Crippen LogP contribution in [0.2, 0.25) is 0 Å². The molecule has 112 valence electrons. The van der Waals surface area contributed by atoms with Gasteiger partial charge in [0.15, 0.2) is 0 Å². The van der Waals surface area contributed by atoms with Crippen molar-refractivity contribution in [2.24, 2.45) is 5.92 Å². The molecule has 5 heteroatoms. The van der Waals surface area contributed by atoms with Crippen molar-refractivity contribution < 1.29 is 14.7 Å². The molecule has 2 amide bonds. The van der Waals surface area contributed by atoms with Crippen LogP contribution in [-0.2, 0) is 11.2 Å². The smallest absolute Gasteiger partial charge is 0.324 e. The fraction of sp³-hybridized carbons (Fsp3) is 0.500. The Morgan fingerprint density at radius 2 is 2.05 bits per heavy atom. The van der Waals surface area contributed by atoms with Crippen molar-refractivity contribution in [3.05, 3.63) is 29.8 Å². The van der Waals surface area contributed by atoms with Crippen molar-refractivity contribution in [1.82, 2.24) is 4.90 Å². The number of amides is 2. The van der Waals surface area contributed by atoms with Crippen LogP contribution >= 0.6 is 0 Å². The molecule has 1 aromatic carbocycles. The van der Waals surface area contributed by atoms with Crippen LogP contribution in [0.25, 0.3) is 0 Å². The van der Waals surface area contributed by atoms with Gasteiger partial charge in [0, 0.05) is 24.8 Å². The number of benzene rings is 1. The highest BCUT2D eigenvalue weighted by Gasteiger charge is 2.38.